The molecule has 1 aliphatic carbocycles. The number of rotatable bonds is 4. The highest BCUT2D eigenvalue weighted by molar-refractivity contribution is 8.00. The van der Waals surface area contributed by atoms with Crippen LogP contribution in [-0.2, 0) is 4.79 Å². The highest BCUT2D eigenvalue weighted by atomic mass is 32.2. The molecule has 104 valence electrons. The predicted molar refractivity (Wildman–Crippen MR) is 77.9 cm³/mol. The molecule has 1 saturated heterocycles. The number of hydrogen-bond acceptors (Lipinski definition) is 3. The van der Waals surface area contributed by atoms with E-state index in [0.29, 0.717) is 4.75 Å². The van der Waals surface area contributed by atoms with Crippen LogP contribution in [-0.4, -0.2) is 36.5 Å². The summed E-state index contributed by atoms with van der Waals surface area (Å²) in [4.78, 5) is 12.4. The summed E-state index contributed by atoms with van der Waals surface area (Å²) < 4.78 is 0.314. The number of amides is 1. The molecular weight excluding hydrogens is 244 g/mol. The van der Waals surface area contributed by atoms with Crippen molar-refractivity contribution < 1.29 is 4.79 Å². The van der Waals surface area contributed by atoms with Crippen LogP contribution in [0.1, 0.15) is 45.4 Å². The van der Waals surface area contributed by atoms with E-state index in [2.05, 4.69) is 23.8 Å². The first kappa shape index (κ1) is 14.2. The number of carbonyl (C=O) groups is 1. The van der Waals surface area contributed by atoms with Crippen molar-refractivity contribution in [1.82, 2.24) is 10.6 Å². The fraction of sp³-hybridized carbons (Fsp3) is 0.929. The lowest BCUT2D eigenvalue weighted by atomic mass is 9.82. The predicted octanol–water partition coefficient (Wildman–Crippen LogP) is 2.17. The van der Waals surface area contributed by atoms with Gasteiger partial charge in [0.05, 0.1) is 5.41 Å². The maximum absolute atomic E-state index is 12.4. The van der Waals surface area contributed by atoms with Crippen LogP contribution in [0.5, 0.6) is 0 Å². The second kappa shape index (κ2) is 5.83. The van der Waals surface area contributed by atoms with Crippen molar-refractivity contribution in [2.24, 2.45) is 5.41 Å². The Morgan fingerprint density at radius 3 is 2.56 bits per heavy atom. The average molecular weight is 270 g/mol. The van der Waals surface area contributed by atoms with Gasteiger partial charge in [0.1, 0.15) is 0 Å². The minimum absolute atomic E-state index is 0.198. The maximum atomic E-state index is 12.4. The van der Waals surface area contributed by atoms with E-state index >= 15 is 0 Å². The van der Waals surface area contributed by atoms with Gasteiger partial charge in [-0.1, -0.05) is 12.8 Å². The number of hydrogen-bond donors (Lipinski definition) is 2. The molecule has 1 atom stereocenters. The molecule has 4 heteroatoms. The van der Waals surface area contributed by atoms with Crippen molar-refractivity contribution in [3.63, 3.8) is 0 Å². The third-order valence-electron chi connectivity index (χ3n) is 4.66. The molecule has 2 aliphatic rings. The van der Waals surface area contributed by atoms with Crippen LogP contribution in [0, 0.1) is 5.41 Å². The zero-order valence-corrected chi connectivity index (χ0v) is 12.5. The van der Waals surface area contributed by atoms with Crippen molar-refractivity contribution >= 4 is 17.7 Å². The van der Waals surface area contributed by atoms with Gasteiger partial charge in [-0.15, -0.1) is 0 Å². The van der Waals surface area contributed by atoms with Gasteiger partial charge in [0.15, 0.2) is 0 Å². The molecule has 0 bridgehead atoms. The lowest BCUT2D eigenvalue weighted by Crippen LogP contribution is -2.51. The van der Waals surface area contributed by atoms with Gasteiger partial charge < -0.3 is 10.6 Å². The van der Waals surface area contributed by atoms with E-state index in [4.69, 9.17) is 0 Å². The number of carbonyl (C=O) groups excluding carboxylic acids is 1. The molecule has 2 N–H and O–H groups in total. The number of piperidine rings is 1. The molecule has 1 aliphatic heterocycles. The number of thioether (sulfide) groups is 1. The summed E-state index contributed by atoms with van der Waals surface area (Å²) in [5.74, 6) is 0.245. The van der Waals surface area contributed by atoms with E-state index in [0.717, 1.165) is 32.5 Å². The average Bonchev–Trinajstić information content (AvgIpc) is 2.86. The molecule has 1 heterocycles. The van der Waals surface area contributed by atoms with E-state index in [1.165, 1.54) is 25.7 Å². The minimum Gasteiger partial charge on any atom is -0.354 e. The molecule has 0 aromatic rings. The van der Waals surface area contributed by atoms with Gasteiger partial charge in [0.25, 0.3) is 0 Å². The van der Waals surface area contributed by atoms with Crippen LogP contribution in [0.3, 0.4) is 0 Å². The second-order valence-corrected chi connectivity index (χ2v) is 7.39. The van der Waals surface area contributed by atoms with Gasteiger partial charge in [0, 0.05) is 17.8 Å². The highest BCUT2D eigenvalue weighted by Gasteiger charge is 2.38. The summed E-state index contributed by atoms with van der Waals surface area (Å²) in [5, 5.41) is 6.57. The summed E-state index contributed by atoms with van der Waals surface area (Å²) in [7, 11) is 0. The quantitative estimate of drug-likeness (QED) is 0.822. The molecule has 2 rings (SSSR count). The summed E-state index contributed by atoms with van der Waals surface area (Å²) in [6, 6.07) is 0. The Bertz CT molecular complexity index is 294. The fourth-order valence-corrected chi connectivity index (χ4v) is 4.09. The third-order valence-corrected chi connectivity index (χ3v) is 6.08. The minimum atomic E-state index is -0.198. The molecule has 1 amide bonds. The zero-order chi connectivity index (χ0) is 13.1. The van der Waals surface area contributed by atoms with Crippen LogP contribution in [0.15, 0.2) is 0 Å². The van der Waals surface area contributed by atoms with E-state index in [-0.39, 0.29) is 11.3 Å². The molecule has 0 radical (unpaired) electrons. The van der Waals surface area contributed by atoms with Gasteiger partial charge in [-0.05, 0) is 45.4 Å². The Morgan fingerprint density at radius 2 is 2.00 bits per heavy atom. The highest BCUT2D eigenvalue weighted by Crippen LogP contribution is 2.39. The molecule has 1 saturated carbocycles. The molecule has 2 fully saturated rings. The molecule has 18 heavy (non-hydrogen) atoms. The van der Waals surface area contributed by atoms with Crippen LogP contribution in [0.25, 0.3) is 0 Å². The van der Waals surface area contributed by atoms with Crippen molar-refractivity contribution in [2.75, 3.05) is 25.9 Å². The van der Waals surface area contributed by atoms with Crippen molar-refractivity contribution in [3.05, 3.63) is 0 Å². The van der Waals surface area contributed by atoms with Crippen molar-refractivity contribution in [1.29, 1.82) is 0 Å². The summed E-state index contributed by atoms with van der Waals surface area (Å²) in [5.41, 5.74) is -0.198. The first-order chi connectivity index (χ1) is 8.60. The van der Waals surface area contributed by atoms with Gasteiger partial charge in [-0.25, -0.2) is 0 Å². The van der Waals surface area contributed by atoms with E-state index < -0.39 is 0 Å². The molecule has 0 spiro atoms. The topological polar surface area (TPSA) is 41.1 Å². The van der Waals surface area contributed by atoms with Gasteiger partial charge in [-0.3, -0.25) is 4.79 Å². The Kier molecular flexibility index (Phi) is 4.59. The fourth-order valence-electron chi connectivity index (χ4n) is 3.18. The lowest BCUT2D eigenvalue weighted by molar-refractivity contribution is -0.131. The van der Waals surface area contributed by atoms with Gasteiger partial charge >= 0.3 is 0 Å². The maximum Gasteiger partial charge on any atom is 0.227 e. The standard InChI is InChI=1S/C14H26N2OS/c1-13(6-5-9-15-10-13)12(17)16-11-14(18-2)7-3-4-8-14/h15H,3-11H2,1-2H3,(H,16,17). The lowest BCUT2D eigenvalue weighted by Gasteiger charge is -2.35. The van der Waals surface area contributed by atoms with E-state index in [1.54, 1.807) is 0 Å². The smallest absolute Gasteiger partial charge is 0.227 e. The van der Waals surface area contributed by atoms with E-state index in [1.807, 2.05) is 11.8 Å². The summed E-state index contributed by atoms with van der Waals surface area (Å²) >= 11 is 1.94. The Morgan fingerprint density at radius 1 is 1.28 bits per heavy atom. The van der Waals surface area contributed by atoms with Crippen LogP contribution in [0.2, 0.25) is 0 Å². The second-order valence-electron chi connectivity index (χ2n) is 6.12. The van der Waals surface area contributed by atoms with Crippen LogP contribution >= 0.6 is 11.8 Å². The number of nitrogens with one attached hydrogen (secondary N) is 2. The molecule has 0 aromatic carbocycles. The van der Waals surface area contributed by atoms with Crippen LogP contribution in [0.4, 0.5) is 0 Å². The summed E-state index contributed by atoms with van der Waals surface area (Å²) in [6.45, 7) is 4.82. The van der Waals surface area contributed by atoms with Gasteiger partial charge in [-0.2, -0.15) is 11.8 Å². The Balaban J connectivity index is 1.87. The van der Waals surface area contributed by atoms with Gasteiger partial charge in [0.2, 0.25) is 5.91 Å². The SMILES string of the molecule is CSC1(CNC(=O)C2(C)CCCNC2)CCCC1. The molecule has 0 aromatic heterocycles. The first-order valence-electron chi connectivity index (χ1n) is 7.14. The van der Waals surface area contributed by atoms with Crippen LogP contribution < -0.4 is 10.6 Å². The molecule has 3 nitrogen and oxygen atoms in total. The Hall–Kier alpha value is -0.220. The zero-order valence-electron chi connectivity index (χ0n) is 11.7. The van der Waals surface area contributed by atoms with Crippen molar-refractivity contribution in [2.45, 2.75) is 50.2 Å². The van der Waals surface area contributed by atoms with Crippen molar-refractivity contribution in [3.8, 4) is 0 Å². The first-order valence-corrected chi connectivity index (χ1v) is 8.37. The Labute approximate surface area is 115 Å². The third kappa shape index (κ3) is 3.02. The monoisotopic (exact) mass is 270 g/mol. The van der Waals surface area contributed by atoms with E-state index in [9.17, 15) is 4.79 Å². The summed E-state index contributed by atoms with van der Waals surface area (Å²) in [6.07, 6.45) is 9.44. The molecule has 1 unspecified atom stereocenters. The molecular formula is C14H26N2OS. The normalized spacial score (nSPS) is 31.2. The largest absolute Gasteiger partial charge is 0.354 e.